The summed E-state index contributed by atoms with van der Waals surface area (Å²) in [6.07, 6.45) is 0.656. The molecule has 1 saturated heterocycles. The van der Waals surface area contributed by atoms with Crippen LogP contribution in [0.4, 0.5) is 0 Å². The van der Waals surface area contributed by atoms with E-state index >= 15 is 0 Å². The highest BCUT2D eigenvalue weighted by atomic mass is 16.5. The summed E-state index contributed by atoms with van der Waals surface area (Å²) in [7, 11) is 0. The second-order valence-corrected chi connectivity index (χ2v) is 6.18. The minimum absolute atomic E-state index is 0.0371. The molecule has 1 amide bonds. The van der Waals surface area contributed by atoms with E-state index in [0.29, 0.717) is 23.1 Å². The van der Waals surface area contributed by atoms with E-state index in [1.165, 1.54) is 4.90 Å². The highest BCUT2D eigenvalue weighted by molar-refractivity contribution is 6.05. The fourth-order valence-electron chi connectivity index (χ4n) is 2.85. The van der Waals surface area contributed by atoms with Crippen LogP contribution in [0.1, 0.15) is 35.9 Å². The number of amides is 1. The number of carboxylic acids is 1. The molecular formula is C16H20N4O4. The average Bonchev–Trinajstić information content (AvgIpc) is 2.97. The van der Waals surface area contributed by atoms with Crippen molar-refractivity contribution >= 4 is 22.9 Å². The Bertz CT molecular complexity index is 799. The van der Waals surface area contributed by atoms with E-state index in [1.54, 1.807) is 16.9 Å². The lowest BCUT2D eigenvalue weighted by molar-refractivity contribution is -0.154. The lowest BCUT2D eigenvalue weighted by Crippen LogP contribution is -2.48. The number of fused-ring (bicyclic) bond motifs is 1. The Morgan fingerprint density at radius 3 is 2.83 bits per heavy atom. The monoisotopic (exact) mass is 332 g/mol. The Hall–Kier alpha value is -2.48. The molecule has 0 unspecified atom stereocenters. The van der Waals surface area contributed by atoms with Crippen molar-refractivity contribution in [2.75, 3.05) is 19.7 Å². The molecule has 0 bridgehead atoms. The number of hydrogen-bond donors (Lipinski definition) is 1. The predicted molar refractivity (Wildman–Crippen MR) is 85.9 cm³/mol. The number of rotatable bonds is 3. The molecule has 0 saturated carbocycles. The number of morpholine rings is 1. The Labute approximate surface area is 139 Å². The number of carboxylic acid groups (broad SMARTS) is 1. The number of aromatic nitrogens is 3. The lowest BCUT2D eigenvalue weighted by Gasteiger charge is -2.31. The van der Waals surface area contributed by atoms with Gasteiger partial charge in [-0.15, -0.1) is 0 Å². The van der Waals surface area contributed by atoms with E-state index in [9.17, 15) is 9.59 Å². The van der Waals surface area contributed by atoms with Gasteiger partial charge in [0.25, 0.3) is 5.91 Å². The largest absolute Gasteiger partial charge is 0.479 e. The molecule has 1 fully saturated rings. The molecule has 1 N–H and O–H groups in total. The van der Waals surface area contributed by atoms with Gasteiger partial charge in [0.1, 0.15) is 0 Å². The maximum absolute atomic E-state index is 12.9. The molecule has 2 aromatic rings. The van der Waals surface area contributed by atoms with E-state index in [2.05, 4.69) is 10.1 Å². The fourth-order valence-corrected chi connectivity index (χ4v) is 2.85. The summed E-state index contributed by atoms with van der Waals surface area (Å²) in [4.78, 5) is 30.1. The van der Waals surface area contributed by atoms with Crippen molar-refractivity contribution in [3.05, 3.63) is 23.5 Å². The van der Waals surface area contributed by atoms with Crippen LogP contribution in [-0.4, -0.2) is 62.4 Å². The molecule has 0 spiro atoms. The number of carbonyl (C=O) groups is 2. The van der Waals surface area contributed by atoms with E-state index in [1.807, 2.05) is 20.8 Å². The number of aliphatic carboxylic acids is 1. The first-order valence-electron chi connectivity index (χ1n) is 7.87. The zero-order chi connectivity index (χ0) is 17.4. The number of aryl methyl sites for hydroxylation is 1. The van der Waals surface area contributed by atoms with Crippen molar-refractivity contribution in [1.29, 1.82) is 0 Å². The average molecular weight is 332 g/mol. The molecule has 1 aliphatic heterocycles. The highest BCUT2D eigenvalue weighted by Gasteiger charge is 2.30. The van der Waals surface area contributed by atoms with Gasteiger partial charge in [-0.1, -0.05) is 0 Å². The Kier molecular flexibility index (Phi) is 4.23. The van der Waals surface area contributed by atoms with Crippen LogP contribution in [0.5, 0.6) is 0 Å². The number of carbonyl (C=O) groups excluding carboxylic acids is 1. The van der Waals surface area contributed by atoms with E-state index < -0.39 is 12.1 Å². The summed E-state index contributed by atoms with van der Waals surface area (Å²) in [5, 5.41) is 14.1. The number of hydrogen-bond acceptors (Lipinski definition) is 5. The third kappa shape index (κ3) is 2.84. The van der Waals surface area contributed by atoms with Crippen molar-refractivity contribution in [3.8, 4) is 0 Å². The topological polar surface area (TPSA) is 97.5 Å². The molecular weight excluding hydrogens is 312 g/mol. The molecule has 1 aliphatic rings. The summed E-state index contributed by atoms with van der Waals surface area (Å²) >= 11 is 0. The Morgan fingerprint density at radius 1 is 1.42 bits per heavy atom. The standard InChI is InChI=1S/C16H20N4O4/c1-9(2)20-14-12(7-17-20)11(6-10(3)18-14)15(21)19-4-5-24-13(8-19)16(22)23/h6-7,9,13H,4-5,8H2,1-3H3,(H,22,23)/t13-/m1/s1. The second kappa shape index (κ2) is 6.20. The van der Waals surface area contributed by atoms with Crippen molar-refractivity contribution in [2.24, 2.45) is 0 Å². The summed E-state index contributed by atoms with van der Waals surface area (Å²) in [5.41, 5.74) is 1.88. The molecule has 0 aromatic carbocycles. The van der Waals surface area contributed by atoms with Crippen LogP contribution in [0.2, 0.25) is 0 Å². The first-order chi connectivity index (χ1) is 11.4. The van der Waals surface area contributed by atoms with Gasteiger partial charge in [-0.3, -0.25) is 4.79 Å². The van der Waals surface area contributed by atoms with Gasteiger partial charge in [0.15, 0.2) is 11.8 Å². The smallest absolute Gasteiger partial charge is 0.334 e. The Morgan fingerprint density at radius 2 is 2.17 bits per heavy atom. The van der Waals surface area contributed by atoms with E-state index in [-0.39, 0.29) is 25.1 Å². The van der Waals surface area contributed by atoms with Crippen molar-refractivity contribution in [3.63, 3.8) is 0 Å². The fraction of sp³-hybridized carbons (Fsp3) is 0.500. The van der Waals surface area contributed by atoms with Crippen molar-refractivity contribution in [2.45, 2.75) is 32.9 Å². The van der Waals surface area contributed by atoms with Gasteiger partial charge in [0, 0.05) is 18.3 Å². The Balaban J connectivity index is 1.99. The molecule has 3 rings (SSSR count). The zero-order valence-corrected chi connectivity index (χ0v) is 13.9. The third-order valence-corrected chi connectivity index (χ3v) is 4.04. The SMILES string of the molecule is Cc1cc(C(=O)N2CCO[C@@H](C(=O)O)C2)c2cnn(C(C)C)c2n1. The lowest BCUT2D eigenvalue weighted by atomic mass is 10.1. The van der Waals surface area contributed by atoms with E-state index in [4.69, 9.17) is 9.84 Å². The first kappa shape index (κ1) is 16.4. The van der Waals surface area contributed by atoms with Crippen LogP contribution in [-0.2, 0) is 9.53 Å². The molecule has 1 atom stereocenters. The third-order valence-electron chi connectivity index (χ3n) is 4.04. The van der Waals surface area contributed by atoms with Gasteiger partial charge in [-0.2, -0.15) is 5.10 Å². The van der Waals surface area contributed by atoms with Crippen LogP contribution < -0.4 is 0 Å². The molecule has 3 heterocycles. The van der Waals surface area contributed by atoms with Gasteiger partial charge in [0.2, 0.25) is 0 Å². The van der Waals surface area contributed by atoms with Crippen LogP contribution in [0.25, 0.3) is 11.0 Å². The van der Waals surface area contributed by atoms with Crippen LogP contribution in [0, 0.1) is 6.92 Å². The zero-order valence-electron chi connectivity index (χ0n) is 13.9. The van der Waals surface area contributed by atoms with Gasteiger partial charge >= 0.3 is 5.97 Å². The van der Waals surface area contributed by atoms with Crippen molar-refractivity contribution in [1.82, 2.24) is 19.7 Å². The normalized spacial score (nSPS) is 18.3. The predicted octanol–water partition coefficient (Wildman–Crippen LogP) is 1.25. The van der Waals surface area contributed by atoms with Gasteiger partial charge < -0.3 is 14.7 Å². The quantitative estimate of drug-likeness (QED) is 0.908. The second-order valence-electron chi connectivity index (χ2n) is 6.18. The summed E-state index contributed by atoms with van der Waals surface area (Å²) in [5.74, 6) is -1.28. The summed E-state index contributed by atoms with van der Waals surface area (Å²) in [6, 6.07) is 1.85. The number of nitrogens with zero attached hydrogens (tertiary/aromatic N) is 4. The maximum Gasteiger partial charge on any atom is 0.334 e. The number of pyridine rings is 1. The number of ether oxygens (including phenoxy) is 1. The molecule has 0 radical (unpaired) electrons. The summed E-state index contributed by atoms with van der Waals surface area (Å²) in [6.45, 7) is 6.43. The van der Waals surface area contributed by atoms with Crippen LogP contribution in [0.15, 0.2) is 12.3 Å². The summed E-state index contributed by atoms with van der Waals surface area (Å²) < 4.78 is 6.96. The van der Waals surface area contributed by atoms with Gasteiger partial charge in [0.05, 0.1) is 30.3 Å². The minimum atomic E-state index is -1.06. The van der Waals surface area contributed by atoms with Gasteiger partial charge in [-0.05, 0) is 26.8 Å². The molecule has 24 heavy (non-hydrogen) atoms. The molecule has 8 nitrogen and oxygen atoms in total. The molecule has 2 aromatic heterocycles. The molecule has 8 heteroatoms. The minimum Gasteiger partial charge on any atom is -0.479 e. The van der Waals surface area contributed by atoms with Crippen LogP contribution in [0.3, 0.4) is 0 Å². The maximum atomic E-state index is 12.9. The molecule has 128 valence electrons. The highest BCUT2D eigenvalue weighted by Crippen LogP contribution is 2.23. The first-order valence-corrected chi connectivity index (χ1v) is 7.87. The van der Waals surface area contributed by atoms with E-state index in [0.717, 1.165) is 5.69 Å². The van der Waals surface area contributed by atoms with Crippen LogP contribution >= 0.6 is 0 Å². The van der Waals surface area contributed by atoms with Crippen molar-refractivity contribution < 1.29 is 19.4 Å². The van der Waals surface area contributed by atoms with Gasteiger partial charge in [-0.25, -0.2) is 14.5 Å². The molecule has 0 aliphatic carbocycles.